The zero-order valence-corrected chi connectivity index (χ0v) is 19.7. The highest BCUT2D eigenvalue weighted by molar-refractivity contribution is 6.13. The molecule has 1 saturated heterocycles. The van der Waals surface area contributed by atoms with E-state index in [4.69, 9.17) is 13.9 Å². The van der Waals surface area contributed by atoms with Crippen molar-refractivity contribution in [2.75, 3.05) is 14.2 Å². The van der Waals surface area contributed by atoms with Crippen LogP contribution in [0.1, 0.15) is 37.8 Å². The van der Waals surface area contributed by atoms with Crippen molar-refractivity contribution < 1.29 is 37.8 Å². The van der Waals surface area contributed by atoms with Crippen molar-refractivity contribution in [1.82, 2.24) is 10.2 Å². The number of imide groups is 1. The molecule has 1 fully saturated rings. The second-order valence-corrected chi connectivity index (χ2v) is 7.81. The first-order chi connectivity index (χ1) is 17.3. The molecule has 0 aliphatic carbocycles. The van der Waals surface area contributed by atoms with Gasteiger partial charge in [0.1, 0.15) is 11.5 Å². The third-order valence-electron chi connectivity index (χ3n) is 5.28. The Morgan fingerprint density at radius 2 is 1.81 bits per heavy atom. The van der Waals surface area contributed by atoms with Crippen molar-refractivity contribution in [3.05, 3.63) is 88.5 Å². The van der Waals surface area contributed by atoms with Gasteiger partial charge in [-0.3, -0.25) is 9.69 Å². The van der Waals surface area contributed by atoms with Gasteiger partial charge in [0.05, 0.1) is 26.3 Å². The molecule has 1 N–H and O–H groups in total. The fourth-order valence-corrected chi connectivity index (χ4v) is 3.50. The maximum absolute atomic E-state index is 12.8. The Bertz CT molecular complexity index is 1390. The number of hydrogen-bond acceptors (Lipinski definition) is 8. The van der Waals surface area contributed by atoms with Gasteiger partial charge in [0.25, 0.3) is 5.91 Å². The smallest absolute Gasteiger partial charge is 0.373 e. The molecule has 4 rings (SSSR count). The summed E-state index contributed by atoms with van der Waals surface area (Å²) in [5.74, 6) is -1.11. The summed E-state index contributed by atoms with van der Waals surface area (Å²) >= 11 is 0. The lowest BCUT2D eigenvalue weighted by Gasteiger charge is -2.11. The van der Waals surface area contributed by atoms with Crippen LogP contribution >= 0.6 is 0 Å². The average Bonchev–Trinajstić information content (AvgIpc) is 3.44. The van der Waals surface area contributed by atoms with E-state index in [1.54, 1.807) is 30.3 Å². The van der Waals surface area contributed by atoms with Crippen LogP contribution in [0.2, 0.25) is 0 Å². The molecule has 10 heteroatoms. The first kappa shape index (κ1) is 24.3. The van der Waals surface area contributed by atoms with E-state index >= 15 is 0 Å². The second kappa shape index (κ2) is 10.2. The number of rotatable bonds is 7. The van der Waals surface area contributed by atoms with E-state index < -0.39 is 23.9 Å². The number of nitrogens with zero attached hydrogens (tertiary/aromatic N) is 1. The summed E-state index contributed by atoms with van der Waals surface area (Å²) in [6.45, 7) is 1.70. The van der Waals surface area contributed by atoms with Crippen molar-refractivity contribution in [1.29, 1.82) is 0 Å². The van der Waals surface area contributed by atoms with E-state index in [9.17, 15) is 19.2 Å². The maximum atomic E-state index is 12.8. The topological polar surface area (TPSA) is 124 Å². The SMILES string of the molecule is COC(=O)c1ccc(CN2C(=O)N/C(=C\c3ccc(OC(=O)c4cccc(C)c4)c(OC)c3)C2=O)o1. The van der Waals surface area contributed by atoms with Crippen LogP contribution in [0, 0.1) is 6.92 Å². The lowest BCUT2D eigenvalue weighted by atomic mass is 10.1. The molecule has 2 heterocycles. The molecule has 184 valence electrons. The Morgan fingerprint density at radius 1 is 1.00 bits per heavy atom. The number of carbonyl (C=O) groups is 4. The number of benzene rings is 2. The van der Waals surface area contributed by atoms with Gasteiger partial charge in [0, 0.05) is 0 Å². The van der Waals surface area contributed by atoms with Crippen LogP contribution in [0.25, 0.3) is 6.08 Å². The van der Waals surface area contributed by atoms with E-state index in [2.05, 4.69) is 10.1 Å². The van der Waals surface area contributed by atoms with Gasteiger partial charge in [-0.15, -0.1) is 0 Å². The van der Waals surface area contributed by atoms with Crippen LogP contribution in [0.15, 0.2) is 64.7 Å². The van der Waals surface area contributed by atoms with Crippen LogP contribution < -0.4 is 14.8 Å². The molecule has 2 aromatic carbocycles. The molecular formula is C26H22N2O8. The third kappa shape index (κ3) is 5.12. The molecule has 0 radical (unpaired) electrons. The van der Waals surface area contributed by atoms with Crippen LogP contribution in [0.3, 0.4) is 0 Å². The van der Waals surface area contributed by atoms with Gasteiger partial charge >= 0.3 is 18.0 Å². The van der Waals surface area contributed by atoms with Gasteiger partial charge in [-0.05, 0) is 55.0 Å². The van der Waals surface area contributed by atoms with Crippen molar-refractivity contribution >= 4 is 30.0 Å². The van der Waals surface area contributed by atoms with E-state index in [1.807, 2.05) is 13.0 Å². The first-order valence-corrected chi connectivity index (χ1v) is 10.8. The van der Waals surface area contributed by atoms with Crippen molar-refractivity contribution in [3.8, 4) is 11.5 Å². The predicted octanol–water partition coefficient (Wildman–Crippen LogP) is 3.70. The van der Waals surface area contributed by atoms with Gasteiger partial charge in [-0.1, -0.05) is 23.8 Å². The van der Waals surface area contributed by atoms with E-state index in [0.29, 0.717) is 11.1 Å². The van der Waals surface area contributed by atoms with Crippen LogP contribution in [-0.2, 0) is 16.1 Å². The molecule has 0 unspecified atom stereocenters. The normalized spacial score (nSPS) is 14.1. The van der Waals surface area contributed by atoms with Gasteiger partial charge in [-0.2, -0.15) is 0 Å². The zero-order chi connectivity index (χ0) is 25.8. The van der Waals surface area contributed by atoms with Gasteiger partial charge in [-0.25, -0.2) is 14.4 Å². The highest BCUT2D eigenvalue weighted by Gasteiger charge is 2.34. The quantitative estimate of drug-likeness (QED) is 0.230. The Hall–Kier alpha value is -4.86. The number of hydrogen-bond donors (Lipinski definition) is 1. The van der Waals surface area contributed by atoms with Crippen LogP contribution in [0.4, 0.5) is 4.79 Å². The lowest BCUT2D eigenvalue weighted by molar-refractivity contribution is -0.123. The number of furan rings is 1. The molecule has 1 aromatic heterocycles. The van der Waals surface area contributed by atoms with Crippen molar-refractivity contribution in [2.45, 2.75) is 13.5 Å². The minimum atomic E-state index is -0.666. The number of ether oxygens (including phenoxy) is 3. The van der Waals surface area contributed by atoms with E-state index in [1.165, 1.54) is 38.5 Å². The summed E-state index contributed by atoms with van der Waals surface area (Å²) < 4.78 is 20.7. The number of carbonyl (C=O) groups excluding carboxylic acids is 4. The molecular weight excluding hydrogens is 468 g/mol. The molecule has 0 spiro atoms. The maximum Gasteiger partial charge on any atom is 0.373 e. The Morgan fingerprint density at radius 3 is 2.53 bits per heavy atom. The highest BCUT2D eigenvalue weighted by Crippen LogP contribution is 2.30. The fourth-order valence-electron chi connectivity index (χ4n) is 3.50. The van der Waals surface area contributed by atoms with Crippen molar-refractivity contribution in [2.24, 2.45) is 0 Å². The molecule has 36 heavy (non-hydrogen) atoms. The Balaban J connectivity index is 1.49. The minimum absolute atomic E-state index is 0.0336. The Kier molecular flexibility index (Phi) is 6.86. The summed E-state index contributed by atoms with van der Waals surface area (Å²) in [6.07, 6.45) is 1.47. The molecule has 10 nitrogen and oxygen atoms in total. The molecule has 0 bridgehead atoms. The number of urea groups is 1. The van der Waals surface area contributed by atoms with Gasteiger partial charge in [0.2, 0.25) is 5.76 Å². The number of esters is 2. The van der Waals surface area contributed by atoms with Gasteiger partial charge in [0.15, 0.2) is 11.5 Å². The zero-order valence-electron chi connectivity index (χ0n) is 19.7. The average molecular weight is 490 g/mol. The highest BCUT2D eigenvalue weighted by atomic mass is 16.6. The number of aryl methyl sites for hydroxylation is 1. The number of nitrogens with one attached hydrogen (secondary N) is 1. The van der Waals surface area contributed by atoms with Crippen LogP contribution in [-0.4, -0.2) is 43.0 Å². The largest absolute Gasteiger partial charge is 0.493 e. The molecule has 3 aromatic rings. The predicted molar refractivity (Wildman–Crippen MR) is 126 cm³/mol. The van der Waals surface area contributed by atoms with Crippen LogP contribution in [0.5, 0.6) is 11.5 Å². The van der Waals surface area contributed by atoms with Gasteiger partial charge < -0.3 is 23.9 Å². The van der Waals surface area contributed by atoms with E-state index in [-0.39, 0.29) is 35.3 Å². The third-order valence-corrected chi connectivity index (χ3v) is 5.28. The fraction of sp³-hybridized carbons (Fsp3) is 0.154. The van der Waals surface area contributed by atoms with Crippen molar-refractivity contribution in [3.63, 3.8) is 0 Å². The number of methoxy groups -OCH3 is 2. The summed E-state index contributed by atoms with van der Waals surface area (Å²) in [6, 6.07) is 14.0. The molecule has 1 aliphatic rings. The standard InChI is InChI=1S/C26H22N2O8/c1-15-5-4-6-17(11-15)24(30)36-20-9-7-16(13-22(20)33-2)12-19-23(29)28(26(32)27-19)14-18-8-10-21(35-18)25(31)34-3/h4-13H,14H2,1-3H3,(H,27,32)/b19-12-. The summed E-state index contributed by atoms with van der Waals surface area (Å²) in [5.41, 5.74) is 1.88. The Labute approximate surface area is 206 Å². The summed E-state index contributed by atoms with van der Waals surface area (Å²) in [4.78, 5) is 50.2. The molecule has 1 aliphatic heterocycles. The summed E-state index contributed by atoms with van der Waals surface area (Å²) in [7, 11) is 2.64. The lowest BCUT2D eigenvalue weighted by Crippen LogP contribution is -2.30. The minimum Gasteiger partial charge on any atom is -0.493 e. The first-order valence-electron chi connectivity index (χ1n) is 10.8. The molecule has 0 atom stereocenters. The molecule has 3 amide bonds. The second-order valence-electron chi connectivity index (χ2n) is 7.81. The molecule has 0 saturated carbocycles. The summed E-state index contributed by atoms with van der Waals surface area (Å²) in [5, 5.41) is 2.51. The monoisotopic (exact) mass is 490 g/mol. The number of amides is 3. The van der Waals surface area contributed by atoms with E-state index in [0.717, 1.165) is 10.5 Å².